The Hall–Kier alpha value is -4.22. The maximum absolute atomic E-state index is 13.6. The van der Waals surface area contributed by atoms with Crippen molar-refractivity contribution in [2.75, 3.05) is 0 Å². The number of carbonyl (C=O) groups is 2. The zero-order valence-electron chi connectivity index (χ0n) is 20.3. The SMILES string of the molecule is O=C1[C@@H]2C3c4ccccc4C(c4ccccc43)[C@@H]2C(=O)N1/N=C\c1ccc(OCc2ccc(Cl)cc2)cc1. The van der Waals surface area contributed by atoms with E-state index in [1.807, 2.05) is 72.8 Å². The number of amides is 2. The van der Waals surface area contributed by atoms with Crippen LogP contribution in [0.1, 0.15) is 45.2 Å². The van der Waals surface area contributed by atoms with Crippen LogP contribution in [0.4, 0.5) is 0 Å². The van der Waals surface area contributed by atoms with Crippen molar-refractivity contribution in [1.82, 2.24) is 5.01 Å². The van der Waals surface area contributed by atoms with Crippen LogP contribution >= 0.6 is 11.6 Å². The molecule has 0 N–H and O–H groups in total. The molecule has 1 fully saturated rings. The van der Waals surface area contributed by atoms with Gasteiger partial charge in [-0.25, -0.2) is 0 Å². The Labute approximate surface area is 225 Å². The normalized spacial score (nSPS) is 22.9. The molecule has 186 valence electrons. The zero-order chi connectivity index (χ0) is 25.8. The van der Waals surface area contributed by atoms with Crippen molar-refractivity contribution < 1.29 is 14.3 Å². The Morgan fingerprint density at radius 3 is 1.71 bits per heavy atom. The van der Waals surface area contributed by atoms with Gasteiger partial charge in [0.15, 0.2) is 0 Å². The van der Waals surface area contributed by atoms with E-state index in [0.717, 1.165) is 38.4 Å². The summed E-state index contributed by atoms with van der Waals surface area (Å²) in [5.41, 5.74) is 6.40. The Kier molecular flexibility index (Phi) is 5.41. The quantitative estimate of drug-likeness (QED) is 0.235. The monoisotopic (exact) mass is 518 g/mol. The van der Waals surface area contributed by atoms with Gasteiger partial charge in [0.25, 0.3) is 11.8 Å². The summed E-state index contributed by atoms with van der Waals surface area (Å²) in [6.07, 6.45) is 1.57. The molecule has 38 heavy (non-hydrogen) atoms. The van der Waals surface area contributed by atoms with Crippen molar-refractivity contribution in [3.63, 3.8) is 0 Å². The molecule has 2 atom stereocenters. The molecule has 1 heterocycles. The molecule has 3 aliphatic carbocycles. The highest BCUT2D eigenvalue weighted by atomic mass is 35.5. The lowest BCUT2D eigenvalue weighted by molar-refractivity contribution is -0.139. The third-order valence-corrected chi connectivity index (χ3v) is 8.20. The van der Waals surface area contributed by atoms with Crippen LogP contribution in [0.5, 0.6) is 5.75 Å². The van der Waals surface area contributed by atoms with Crippen LogP contribution < -0.4 is 4.74 Å². The van der Waals surface area contributed by atoms with Gasteiger partial charge in [0.05, 0.1) is 18.1 Å². The van der Waals surface area contributed by atoms with Crippen molar-refractivity contribution >= 4 is 29.6 Å². The molecule has 6 heteroatoms. The van der Waals surface area contributed by atoms with Crippen LogP contribution in [0, 0.1) is 11.8 Å². The minimum atomic E-state index is -0.432. The molecular weight excluding hydrogens is 496 g/mol. The van der Waals surface area contributed by atoms with E-state index in [-0.39, 0.29) is 23.7 Å². The standard InChI is InChI=1S/C32H23ClN2O3/c33-21-13-9-20(10-14-21)18-38-22-15-11-19(12-16-22)17-34-35-31(36)29-27-23-5-1-2-6-24(23)28(30(29)32(35)37)26-8-4-3-7-25(26)27/h1-17,27-30H,18H2/b34-17-/t27?,28?,29-,30+. The lowest BCUT2D eigenvalue weighted by Crippen LogP contribution is -2.41. The summed E-state index contributed by atoms with van der Waals surface area (Å²) in [6, 6.07) is 31.3. The van der Waals surface area contributed by atoms with E-state index in [1.165, 1.54) is 0 Å². The average molecular weight is 519 g/mol. The first-order chi connectivity index (χ1) is 18.6. The van der Waals surface area contributed by atoms with Gasteiger partial charge in [-0.2, -0.15) is 10.1 Å². The van der Waals surface area contributed by atoms with Gasteiger partial charge in [-0.15, -0.1) is 0 Å². The average Bonchev–Trinajstić information content (AvgIpc) is 3.21. The van der Waals surface area contributed by atoms with E-state index in [4.69, 9.17) is 16.3 Å². The van der Waals surface area contributed by atoms with Gasteiger partial charge < -0.3 is 4.74 Å². The van der Waals surface area contributed by atoms with Crippen molar-refractivity contribution in [2.24, 2.45) is 16.9 Å². The maximum atomic E-state index is 13.6. The van der Waals surface area contributed by atoms with Crippen molar-refractivity contribution in [3.8, 4) is 5.75 Å². The summed E-state index contributed by atoms with van der Waals surface area (Å²) in [7, 11) is 0. The molecule has 1 aliphatic heterocycles. The van der Waals surface area contributed by atoms with Gasteiger partial charge >= 0.3 is 0 Å². The molecule has 0 unspecified atom stereocenters. The Balaban J connectivity index is 1.12. The lowest BCUT2D eigenvalue weighted by Gasteiger charge is -2.45. The van der Waals surface area contributed by atoms with E-state index in [2.05, 4.69) is 29.4 Å². The van der Waals surface area contributed by atoms with Crippen LogP contribution in [-0.4, -0.2) is 23.0 Å². The Bertz CT molecular complexity index is 1480. The second-order valence-corrected chi connectivity index (χ2v) is 10.4. The molecule has 4 aromatic carbocycles. The summed E-state index contributed by atoms with van der Waals surface area (Å²) in [5, 5.41) is 6.17. The van der Waals surface area contributed by atoms with Crippen LogP contribution in [0.25, 0.3) is 0 Å². The number of hydrazone groups is 1. The predicted molar refractivity (Wildman–Crippen MR) is 145 cm³/mol. The van der Waals surface area contributed by atoms with Gasteiger partial charge in [-0.1, -0.05) is 72.3 Å². The molecule has 1 saturated heterocycles. The lowest BCUT2D eigenvalue weighted by atomic mass is 9.55. The molecule has 2 bridgehead atoms. The highest BCUT2D eigenvalue weighted by Crippen LogP contribution is 2.60. The molecule has 0 saturated carbocycles. The number of imide groups is 1. The van der Waals surface area contributed by atoms with Crippen LogP contribution in [0.15, 0.2) is 102 Å². The van der Waals surface area contributed by atoms with E-state index < -0.39 is 11.8 Å². The van der Waals surface area contributed by atoms with Crippen LogP contribution in [0.2, 0.25) is 5.02 Å². The molecule has 2 amide bonds. The zero-order valence-corrected chi connectivity index (χ0v) is 21.1. The smallest absolute Gasteiger partial charge is 0.254 e. The first-order valence-corrected chi connectivity index (χ1v) is 13.0. The number of nitrogens with zero attached hydrogens (tertiary/aromatic N) is 2. The number of rotatable bonds is 5. The number of hydrogen-bond acceptors (Lipinski definition) is 4. The van der Waals surface area contributed by atoms with Crippen LogP contribution in [0.3, 0.4) is 0 Å². The van der Waals surface area contributed by atoms with Gasteiger partial charge in [0.2, 0.25) is 0 Å². The largest absolute Gasteiger partial charge is 0.489 e. The van der Waals surface area contributed by atoms with E-state index >= 15 is 0 Å². The van der Waals surface area contributed by atoms with Gasteiger partial charge in [-0.05, 0) is 69.8 Å². The first kappa shape index (κ1) is 22.9. The molecule has 4 aliphatic rings. The van der Waals surface area contributed by atoms with Gasteiger partial charge in [0, 0.05) is 16.9 Å². The van der Waals surface area contributed by atoms with E-state index in [0.29, 0.717) is 17.4 Å². The van der Waals surface area contributed by atoms with Crippen molar-refractivity contribution in [2.45, 2.75) is 18.4 Å². The molecular formula is C32H23ClN2O3. The fourth-order valence-corrected chi connectivity index (χ4v) is 6.42. The number of benzene rings is 4. The first-order valence-electron chi connectivity index (χ1n) is 12.7. The summed E-state index contributed by atoms with van der Waals surface area (Å²) in [6.45, 7) is 0.428. The molecule has 0 aromatic heterocycles. The van der Waals surface area contributed by atoms with E-state index in [1.54, 1.807) is 6.21 Å². The van der Waals surface area contributed by atoms with Crippen molar-refractivity contribution in [3.05, 3.63) is 135 Å². The molecule has 8 rings (SSSR count). The topological polar surface area (TPSA) is 59.0 Å². The number of hydrogen-bond donors (Lipinski definition) is 0. The third kappa shape index (κ3) is 3.57. The van der Waals surface area contributed by atoms with Gasteiger partial charge in [-0.3, -0.25) is 9.59 Å². The third-order valence-electron chi connectivity index (χ3n) is 7.95. The molecule has 0 radical (unpaired) electrons. The van der Waals surface area contributed by atoms with E-state index in [9.17, 15) is 9.59 Å². The molecule has 5 nitrogen and oxygen atoms in total. The fraction of sp³-hybridized carbons (Fsp3) is 0.156. The predicted octanol–water partition coefficient (Wildman–Crippen LogP) is 6.15. The summed E-state index contributed by atoms with van der Waals surface area (Å²) < 4.78 is 5.85. The number of carbonyl (C=O) groups excluding carboxylic acids is 2. The van der Waals surface area contributed by atoms with Gasteiger partial charge in [0.1, 0.15) is 12.4 Å². The summed E-state index contributed by atoms with van der Waals surface area (Å²) in [5.74, 6) is -0.867. The highest BCUT2D eigenvalue weighted by Gasteiger charge is 2.61. The minimum absolute atomic E-state index is 0.133. The Morgan fingerprint density at radius 2 is 1.21 bits per heavy atom. The van der Waals surface area contributed by atoms with Crippen LogP contribution in [-0.2, 0) is 16.2 Å². The van der Waals surface area contributed by atoms with Crippen molar-refractivity contribution in [1.29, 1.82) is 0 Å². The summed E-state index contributed by atoms with van der Waals surface area (Å²) in [4.78, 5) is 27.3. The molecule has 4 aromatic rings. The second kappa shape index (κ2) is 8.96. The second-order valence-electron chi connectivity index (χ2n) is 9.98. The summed E-state index contributed by atoms with van der Waals surface area (Å²) >= 11 is 5.94. The highest BCUT2D eigenvalue weighted by molar-refractivity contribution is 6.30. The molecule has 0 spiro atoms. The minimum Gasteiger partial charge on any atom is -0.489 e. The fourth-order valence-electron chi connectivity index (χ4n) is 6.30. The number of ether oxygens (including phenoxy) is 1. The maximum Gasteiger partial charge on any atom is 0.254 e. The Morgan fingerprint density at radius 1 is 0.711 bits per heavy atom. The number of halogens is 1.